The molecule has 4 saturated heterocycles. The molecule has 4 aliphatic heterocycles. The zero-order valence-electron chi connectivity index (χ0n) is 14.9. The Morgan fingerprint density at radius 2 is 1.08 bits per heavy atom. The fraction of sp³-hybridized carbons (Fsp3) is 1.00. The highest BCUT2D eigenvalue weighted by Crippen LogP contribution is 2.53. The molecule has 4 heterocycles. The second kappa shape index (κ2) is 6.73. The van der Waals surface area contributed by atoms with E-state index in [0.29, 0.717) is 54.0 Å². The van der Waals surface area contributed by atoms with Crippen LogP contribution in [0.1, 0.15) is 32.1 Å². The maximum Gasteiger partial charge on any atom is 0.0812 e. The molecule has 0 amide bonds. The number of ether oxygens (including phenoxy) is 4. The summed E-state index contributed by atoms with van der Waals surface area (Å²) in [4.78, 5) is 0. The van der Waals surface area contributed by atoms with Crippen molar-refractivity contribution in [1.29, 1.82) is 0 Å². The van der Waals surface area contributed by atoms with E-state index in [1.807, 2.05) is 0 Å². The molecule has 5 aliphatic rings. The minimum atomic E-state index is -0.243. The minimum absolute atomic E-state index is 0.243. The molecule has 0 radical (unpaired) electrons. The Kier molecular flexibility index (Phi) is 4.55. The van der Waals surface area contributed by atoms with Crippen molar-refractivity contribution in [3.8, 4) is 0 Å². The SMILES string of the molecule is NC(N)C1CC(CC2CO2)C(CC2CO2)C(CC2CO2)C1CC1CO1. The van der Waals surface area contributed by atoms with Crippen molar-refractivity contribution >= 4 is 0 Å². The van der Waals surface area contributed by atoms with Gasteiger partial charge in [-0.05, 0) is 61.7 Å². The van der Waals surface area contributed by atoms with Crippen molar-refractivity contribution in [3.63, 3.8) is 0 Å². The second-order valence-electron chi connectivity index (χ2n) is 8.99. The fourth-order valence-electron chi connectivity index (χ4n) is 5.53. The molecule has 0 aromatic carbocycles. The van der Waals surface area contributed by atoms with Crippen LogP contribution >= 0.6 is 0 Å². The van der Waals surface area contributed by atoms with E-state index in [1.165, 1.54) is 6.42 Å². The van der Waals surface area contributed by atoms with E-state index in [-0.39, 0.29) is 6.17 Å². The van der Waals surface area contributed by atoms with Crippen LogP contribution in [0.25, 0.3) is 0 Å². The van der Waals surface area contributed by atoms with Gasteiger partial charge in [0.15, 0.2) is 0 Å². The molecule has 142 valence electrons. The number of rotatable bonds is 9. The molecule has 5 fully saturated rings. The van der Waals surface area contributed by atoms with Gasteiger partial charge in [0.2, 0.25) is 0 Å². The Morgan fingerprint density at radius 3 is 1.56 bits per heavy atom. The molecular weight excluding hydrogens is 320 g/mol. The quantitative estimate of drug-likeness (QED) is 0.471. The van der Waals surface area contributed by atoms with Gasteiger partial charge >= 0.3 is 0 Å². The van der Waals surface area contributed by atoms with Crippen molar-refractivity contribution < 1.29 is 18.9 Å². The van der Waals surface area contributed by atoms with Gasteiger partial charge in [-0.25, -0.2) is 0 Å². The summed E-state index contributed by atoms with van der Waals surface area (Å²) in [5.41, 5.74) is 12.6. The number of epoxide rings is 4. The normalized spacial score (nSPS) is 50.8. The lowest BCUT2D eigenvalue weighted by atomic mass is 9.57. The summed E-state index contributed by atoms with van der Waals surface area (Å²) in [5.74, 6) is 2.89. The molecule has 4 N–H and O–H groups in total. The smallest absolute Gasteiger partial charge is 0.0812 e. The topological polar surface area (TPSA) is 102 Å². The third-order valence-corrected chi connectivity index (χ3v) is 7.10. The highest BCUT2D eigenvalue weighted by Gasteiger charge is 2.51. The Bertz CT molecular complexity index is 474. The van der Waals surface area contributed by atoms with E-state index >= 15 is 0 Å². The van der Waals surface area contributed by atoms with Gasteiger partial charge in [0.05, 0.1) is 57.0 Å². The molecule has 0 aromatic rings. The van der Waals surface area contributed by atoms with E-state index in [9.17, 15) is 0 Å². The van der Waals surface area contributed by atoms with E-state index in [1.54, 1.807) is 0 Å². The summed E-state index contributed by atoms with van der Waals surface area (Å²) in [7, 11) is 0. The monoisotopic (exact) mass is 352 g/mol. The van der Waals surface area contributed by atoms with Gasteiger partial charge in [-0.3, -0.25) is 0 Å². The lowest BCUT2D eigenvalue weighted by molar-refractivity contribution is -0.00571. The van der Waals surface area contributed by atoms with Gasteiger partial charge in [0.1, 0.15) is 0 Å². The molecule has 0 aromatic heterocycles. The lowest BCUT2D eigenvalue weighted by Gasteiger charge is -2.49. The first-order valence-corrected chi connectivity index (χ1v) is 10.1. The van der Waals surface area contributed by atoms with Crippen LogP contribution < -0.4 is 11.5 Å². The summed E-state index contributed by atoms with van der Waals surface area (Å²) >= 11 is 0. The molecule has 0 bridgehead atoms. The highest BCUT2D eigenvalue weighted by atomic mass is 16.6. The predicted octanol–water partition coefficient (Wildman–Crippen LogP) is 0.870. The van der Waals surface area contributed by atoms with Crippen LogP contribution in [0.2, 0.25) is 0 Å². The number of nitrogens with two attached hydrogens (primary N) is 2. The zero-order valence-corrected chi connectivity index (χ0v) is 14.9. The lowest BCUT2D eigenvalue weighted by Crippen LogP contribution is -2.51. The van der Waals surface area contributed by atoms with Crippen LogP contribution in [0.4, 0.5) is 0 Å². The summed E-state index contributed by atoms with van der Waals surface area (Å²) in [6.45, 7) is 3.70. The van der Waals surface area contributed by atoms with Crippen LogP contribution in [-0.4, -0.2) is 57.0 Å². The van der Waals surface area contributed by atoms with E-state index in [0.717, 1.165) is 52.1 Å². The maximum atomic E-state index is 6.28. The van der Waals surface area contributed by atoms with Crippen molar-refractivity contribution in [2.45, 2.75) is 62.7 Å². The standard InChI is InChI=1S/C19H32N2O4/c20-19(21)18-2-10(1-11-6-22-11)15(3-12-7-23-12)16(4-13-8-24-13)17(18)5-14-9-25-14/h10-19H,1-9,20-21H2. The average molecular weight is 352 g/mol. The zero-order chi connectivity index (χ0) is 17.0. The Hall–Kier alpha value is -0.240. The molecule has 6 heteroatoms. The summed E-state index contributed by atoms with van der Waals surface area (Å²) in [5, 5.41) is 0. The molecule has 9 atom stereocenters. The van der Waals surface area contributed by atoms with Gasteiger partial charge in [0.25, 0.3) is 0 Å². The van der Waals surface area contributed by atoms with E-state index in [2.05, 4.69) is 0 Å². The number of hydrogen-bond acceptors (Lipinski definition) is 6. The summed E-state index contributed by atoms with van der Waals surface area (Å²) < 4.78 is 22.4. The second-order valence-corrected chi connectivity index (χ2v) is 8.99. The largest absolute Gasteiger partial charge is 0.373 e. The minimum Gasteiger partial charge on any atom is -0.373 e. The maximum absolute atomic E-state index is 6.28. The van der Waals surface area contributed by atoms with Crippen molar-refractivity contribution in [1.82, 2.24) is 0 Å². The molecule has 0 spiro atoms. The molecule has 6 nitrogen and oxygen atoms in total. The molecule has 9 unspecified atom stereocenters. The Morgan fingerprint density at radius 1 is 0.640 bits per heavy atom. The summed E-state index contributed by atoms with van der Waals surface area (Å²) in [6.07, 6.45) is 7.30. The van der Waals surface area contributed by atoms with Crippen LogP contribution in [0.5, 0.6) is 0 Å². The third kappa shape index (κ3) is 4.20. The van der Waals surface area contributed by atoms with Gasteiger partial charge in [0, 0.05) is 0 Å². The Labute approximate surface area is 149 Å². The number of hydrogen-bond donors (Lipinski definition) is 2. The first-order valence-electron chi connectivity index (χ1n) is 10.1. The Balaban J connectivity index is 1.39. The van der Waals surface area contributed by atoms with Crippen LogP contribution in [0, 0.1) is 29.6 Å². The first-order chi connectivity index (χ1) is 12.2. The van der Waals surface area contributed by atoms with Crippen LogP contribution in [0.15, 0.2) is 0 Å². The molecular formula is C19H32N2O4. The van der Waals surface area contributed by atoms with Gasteiger partial charge in [-0.15, -0.1) is 0 Å². The van der Waals surface area contributed by atoms with Gasteiger partial charge in [-0.1, -0.05) is 0 Å². The molecule has 25 heavy (non-hydrogen) atoms. The van der Waals surface area contributed by atoms with Crippen molar-refractivity contribution in [2.24, 2.45) is 41.1 Å². The fourth-order valence-corrected chi connectivity index (χ4v) is 5.53. The third-order valence-electron chi connectivity index (χ3n) is 7.10. The summed E-state index contributed by atoms with van der Waals surface area (Å²) in [6, 6.07) is 0. The van der Waals surface area contributed by atoms with Crippen LogP contribution in [0.3, 0.4) is 0 Å². The van der Waals surface area contributed by atoms with Gasteiger partial charge in [-0.2, -0.15) is 0 Å². The van der Waals surface area contributed by atoms with Gasteiger partial charge < -0.3 is 30.4 Å². The highest BCUT2D eigenvalue weighted by molar-refractivity contribution is 5.00. The van der Waals surface area contributed by atoms with Crippen LogP contribution in [-0.2, 0) is 18.9 Å². The van der Waals surface area contributed by atoms with E-state index < -0.39 is 0 Å². The molecule has 5 rings (SSSR count). The first kappa shape index (κ1) is 16.9. The van der Waals surface area contributed by atoms with Crippen molar-refractivity contribution in [2.75, 3.05) is 26.4 Å². The predicted molar refractivity (Wildman–Crippen MR) is 91.7 cm³/mol. The molecule has 1 aliphatic carbocycles. The molecule has 1 saturated carbocycles. The van der Waals surface area contributed by atoms with Crippen molar-refractivity contribution in [3.05, 3.63) is 0 Å². The van der Waals surface area contributed by atoms with E-state index in [4.69, 9.17) is 30.4 Å². The average Bonchev–Trinajstić information content (AvgIpc) is 3.43.